The SMILES string of the molecule is C1CCC(NC2CCCCC2)CC1.O=C(O)C(NCc1ccc(C(F)(F)F)cc1)(c1ccccc1)c1ccccc1. The molecule has 220 valence electrons. The number of nitrogens with one attached hydrogen (secondary N) is 2. The van der Waals surface area contributed by atoms with Crippen LogP contribution in [0.1, 0.15) is 86.5 Å². The summed E-state index contributed by atoms with van der Waals surface area (Å²) in [5.74, 6) is -1.10. The van der Waals surface area contributed by atoms with Crippen LogP contribution in [-0.4, -0.2) is 23.2 Å². The fraction of sp³-hybridized carbons (Fsp3) is 0.441. The van der Waals surface area contributed by atoms with Crippen molar-refractivity contribution in [1.82, 2.24) is 10.6 Å². The third-order valence-electron chi connectivity index (χ3n) is 8.26. The highest BCUT2D eigenvalue weighted by Gasteiger charge is 2.42. The minimum atomic E-state index is -4.41. The summed E-state index contributed by atoms with van der Waals surface area (Å²) in [6, 6.07) is 23.8. The van der Waals surface area contributed by atoms with Gasteiger partial charge in [-0.2, -0.15) is 13.2 Å². The second-order valence-electron chi connectivity index (χ2n) is 11.2. The summed E-state index contributed by atoms with van der Waals surface area (Å²) in [6.07, 6.45) is 10.2. The predicted molar refractivity (Wildman–Crippen MR) is 156 cm³/mol. The molecule has 2 saturated carbocycles. The minimum absolute atomic E-state index is 0.0776. The van der Waals surface area contributed by atoms with Crippen molar-refractivity contribution in [1.29, 1.82) is 0 Å². The summed E-state index contributed by atoms with van der Waals surface area (Å²) in [7, 11) is 0. The molecule has 0 radical (unpaired) electrons. The Morgan fingerprint density at radius 2 is 1.10 bits per heavy atom. The normalized spacial score (nSPS) is 17.0. The number of hydrogen-bond donors (Lipinski definition) is 3. The number of carbonyl (C=O) groups is 1. The summed E-state index contributed by atoms with van der Waals surface area (Å²) < 4.78 is 38.2. The first-order chi connectivity index (χ1) is 19.8. The van der Waals surface area contributed by atoms with Crippen LogP contribution in [0.25, 0.3) is 0 Å². The molecule has 0 aliphatic heterocycles. The fourth-order valence-electron chi connectivity index (χ4n) is 5.99. The lowest BCUT2D eigenvalue weighted by Gasteiger charge is -2.32. The largest absolute Gasteiger partial charge is 0.479 e. The van der Waals surface area contributed by atoms with E-state index in [0.717, 1.165) is 24.2 Å². The van der Waals surface area contributed by atoms with Crippen molar-refractivity contribution >= 4 is 5.97 Å². The van der Waals surface area contributed by atoms with Gasteiger partial charge < -0.3 is 10.4 Å². The van der Waals surface area contributed by atoms with E-state index in [-0.39, 0.29) is 6.54 Å². The highest BCUT2D eigenvalue weighted by Crippen LogP contribution is 2.32. The first-order valence-corrected chi connectivity index (χ1v) is 14.8. The van der Waals surface area contributed by atoms with Gasteiger partial charge in [0, 0.05) is 18.6 Å². The van der Waals surface area contributed by atoms with Gasteiger partial charge in [-0.05, 0) is 54.5 Å². The summed E-state index contributed by atoms with van der Waals surface area (Å²) in [6.45, 7) is 0.0776. The summed E-state index contributed by atoms with van der Waals surface area (Å²) in [5, 5.41) is 17.1. The first kappa shape index (κ1) is 30.8. The van der Waals surface area contributed by atoms with Gasteiger partial charge >= 0.3 is 12.1 Å². The van der Waals surface area contributed by atoms with Crippen LogP contribution in [0.15, 0.2) is 84.9 Å². The monoisotopic (exact) mass is 566 g/mol. The van der Waals surface area contributed by atoms with Gasteiger partial charge in [-0.25, -0.2) is 4.79 Å². The average Bonchev–Trinajstić information content (AvgIpc) is 3.00. The Morgan fingerprint density at radius 3 is 1.49 bits per heavy atom. The van der Waals surface area contributed by atoms with Crippen LogP contribution in [0.5, 0.6) is 0 Å². The van der Waals surface area contributed by atoms with E-state index in [1.54, 1.807) is 60.7 Å². The molecule has 0 atom stereocenters. The van der Waals surface area contributed by atoms with Gasteiger partial charge in [-0.3, -0.25) is 5.32 Å². The Labute approximate surface area is 241 Å². The van der Waals surface area contributed by atoms with Crippen LogP contribution in [0.4, 0.5) is 13.2 Å². The molecule has 0 aromatic heterocycles. The number of benzene rings is 3. The van der Waals surface area contributed by atoms with Crippen molar-refractivity contribution in [3.8, 4) is 0 Å². The Balaban J connectivity index is 0.000000247. The van der Waals surface area contributed by atoms with Crippen LogP contribution in [0.2, 0.25) is 0 Å². The molecule has 2 aliphatic carbocycles. The van der Waals surface area contributed by atoms with Crippen molar-refractivity contribution in [2.24, 2.45) is 0 Å². The molecule has 0 saturated heterocycles. The Kier molecular flexibility index (Phi) is 11.0. The molecule has 0 amide bonds. The number of halogens is 3. The lowest BCUT2D eigenvalue weighted by atomic mass is 9.82. The second-order valence-corrected chi connectivity index (χ2v) is 11.2. The summed E-state index contributed by atoms with van der Waals surface area (Å²) >= 11 is 0. The van der Waals surface area contributed by atoms with E-state index in [1.807, 2.05) is 0 Å². The van der Waals surface area contributed by atoms with E-state index in [9.17, 15) is 23.1 Å². The molecule has 4 nitrogen and oxygen atoms in total. The maximum absolute atomic E-state index is 12.7. The third kappa shape index (κ3) is 8.43. The number of carboxylic acid groups (broad SMARTS) is 1. The maximum Gasteiger partial charge on any atom is 0.416 e. The van der Waals surface area contributed by atoms with E-state index in [4.69, 9.17) is 0 Å². The number of hydrogen-bond acceptors (Lipinski definition) is 3. The second kappa shape index (κ2) is 14.6. The highest BCUT2D eigenvalue weighted by molar-refractivity contribution is 5.85. The van der Waals surface area contributed by atoms with Crippen LogP contribution in [0.3, 0.4) is 0 Å². The topological polar surface area (TPSA) is 61.4 Å². The number of aliphatic carboxylic acids is 1. The van der Waals surface area contributed by atoms with Crippen LogP contribution in [0, 0.1) is 0 Å². The van der Waals surface area contributed by atoms with Gasteiger partial charge in [0.2, 0.25) is 0 Å². The fourth-order valence-corrected chi connectivity index (χ4v) is 5.99. The molecule has 41 heavy (non-hydrogen) atoms. The van der Waals surface area contributed by atoms with Crippen molar-refractivity contribution < 1.29 is 23.1 Å². The van der Waals surface area contributed by atoms with Crippen molar-refractivity contribution in [2.75, 3.05) is 0 Å². The number of carboxylic acids is 1. The molecule has 2 fully saturated rings. The van der Waals surface area contributed by atoms with E-state index < -0.39 is 23.2 Å². The van der Waals surface area contributed by atoms with Crippen LogP contribution < -0.4 is 10.6 Å². The number of rotatable bonds is 8. The van der Waals surface area contributed by atoms with Gasteiger partial charge in [0.25, 0.3) is 0 Å². The molecule has 3 aromatic carbocycles. The summed E-state index contributed by atoms with van der Waals surface area (Å²) in [4.78, 5) is 12.4. The van der Waals surface area contributed by atoms with Crippen molar-refractivity contribution in [3.05, 3.63) is 107 Å². The minimum Gasteiger partial charge on any atom is -0.479 e. The molecular weight excluding hydrogens is 525 g/mol. The Hall–Kier alpha value is -3.16. The lowest BCUT2D eigenvalue weighted by molar-refractivity contribution is -0.143. The van der Waals surface area contributed by atoms with Gasteiger partial charge in [0.15, 0.2) is 5.54 Å². The third-order valence-corrected chi connectivity index (χ3v) is 8.26. The van der Waals surface area contributed by atoms with E-state index in [0.29, 0.717) is 16.7 Å². The van der Waals surface area contributed by atoms with Crippen molar-refractivity contribution in [2.45, 2.75) is 94.6 Å². The number of alkyl halides is 3. The van der Waals surface area contributed by atoms with Gasteiger partial charge in [-0.15, -0.1) is 0 Å². The average molecular weight is 567 g/mol. The van der Waals surface area contributed by atoms with E-state index in [1.165, 1.54) is 76.3 Å². The molecule has 3 N–H and O–H groups in total. The highest BCUT2D eigenvalue weighted by atomic mass is 19.4. The quantitative estimate of drug-likeness (QED) is 0.258. The Morgan fingerprint density at radius 1 is 0.659 bits per heavy atom. The zero-order chi connectivity index (χ0) is 29.1. The van der Waals surface area contributed by atoms with Crippen LogP contribution >= 0.6 is 0 Å². The first-order valence-electron chi connectivity index (χ1n) is 14.8. The molecule has 7 heteroatoms. The standard InChI is InChI=1S/C22H18F3NO2.C12H23N/c23-22(24,25)19-13-11-16(12-14-19)15-26-21(20(27)28,17-7-3-1-4-8-17)18-9-5-2-6-10-18;1-3-7-11(8-4-1)13-12-9-5-2-6-10-12/h1-14,26H,15H2,(H,27,28);11-13H,1-10H2. The summed E-state index contributed by atoms with van der Waals surface area (Å²) in [5.41, 5.74) is -0.677. The molecule has 5 rings (SSSR count). The van der Waals surface area contributed by atoms with Crippen LogP contribution in [-0.2, 0) is 23.1 Å². The van der Waals surface area contributed by atoms with Gasteiger partial charge in [0.05, 0.1) is 5.56 Å². The molecule has 0 bridgehead atoms. The van der Waals surface area contributed by atoms with E-state index >= 15 is 0 Å². The molecule has 0 unspecified atom stereocenters. The van der Waals surface area contributed by atoms with Crippen molar-refractivity contribution in [3.63, 3.8) is 0 Å². The van der Waals surface area contributed by atoms with Gasteiger partial charge in [-0.1, -0.05) is 111 Å². The maximum atomic E-state index is 12.7. The molecular formula is C34H41F3N2O2. The zero-order valence-corrected chi connectivity index (χ0v) is 23.5. The smallest absolute Gasteiger partial charge is 0.416 e. The molecule has 0 spiro atoms. The molecule has 0 heterocycles. The lowest BCUT2D eigenvalue weighted by Crippen LogP contribution is -2.49. The van der Waals surface area contributed by atoms with E-state index in [2.05, 4.69) is 10.6 Å². The predicted octanol–water partition coefficient (Wildman–Crippen LogP) is 8.06. The molecule has 3 aromatic rings. The zero-order valence-electron chi connectivity index (χ0n) is 23.5. The molecule has 2 aliphatic rings. The Bertz CT molecular complexity index is 1130. The van der Waals surface area contributed by atoms with Gasteiger partial charge in [0.1, 0.15) is 0 Å².